The van der Waals surface area contributed by atoms with E-state index < -0.39 is 9.80 Å². The third kappa shape index (κ3) is 16.0. The third-order valence-electron chi connectivity index (χ3n) is 1.92. The Kier molecular flexibility index (Phi) is 9.19. The Balaban J connectivity index is 3.20. The SMILES string of the molecule is ClC(Cl)(Cl)CCCCCCC[Si](Cl)(Cl)Cl. The van der Waals surface area contributed by atoms with Crippen molar-refractivity contribution in [3.05, 3.63) is 0 Å². The molecule has 0 amide bonds. The van der Waals surface area contributed by atoms with Gasteiger partial charge in [0.05, 0.1) is 0 Å². The van der Waals surface area contributed by atoms with Crippen molar-refractivity contribution < 1.29 is 0 Å². The van der Waals surface area contributed by atoms with Crippen molar-refractivity contribution in [3.63, 3.8) is 0 Å². The maximum Gasteiger partial charge on any atom is 0.341 e. The first kappa shape index (κ1) is 17.0. The minimum Gasteiger partial charge on any atom is -0.126 e. The highest BCUT2D eigenvalue weighted by Crippen LogP contribution is 2.32. The van der Waals surface area contributed by atoms with Gasteiger partial charge in [0, 0.05) is 0 Å². The molecule has 0 heterocycles. The molecule has 0 nitrogen and oxygen atoms in total. The van der Waals surface area contributed by atoms with E-state index in [1.807, 2.05) is 0 Å². The zero-order valence-corrected chi connectivity index (χ0v) is 13.8. The maximum atomic E-state index is 5.75. The van der Waals surface area contributed by atoms with Crippen molar-refractivity contribution in [1.82, 2.24) is 0 Å². The fourth-order valence-corrected chi connectivity index (χ4v) is 3.44. The normalized spacial score (nSPS) is 13.2. The first-order valence-electron chi connectivity index (χ1n) is 4.84. The molecular formula is C8H14Cl6Si. The molecule has 0 unspecified atom stereocenters. The van der Waals surface area contributed by atoms with Crippen molar-refractivity contribution in [2.24, 2.45) is 0 Å². The van der Waals surface area contributed by atoms with Crippen LogP contribution >= 0.6 is 68.0 Å². The molecule has 0 aliphatic carbocycles. The Morgan fingerprint density at radius 3 is 1.67 bits per heavy atom. The molecule has 0 rings (SSSR count). The molecule has 0 spiro atoms. The zero-order chi connectivity index (χ0) is 11.9. The monoisotopic (exact) mass is 348 g/mol. The van der Waals surface area contributed by atoms with E-state index in [1.54, 1.807) is 0 Å². The van der Waals surface area contributed by atoms with Gasteiger partial charge in [-0.25, -0.2) is 0 Å². The highest BCUT2D eigenvalue weighted by Gasteiger charge is 2.23. The predicted octanol–water partition coefficient (Wildman–Crippen LogP) is 6.35. The van der Waals surface area contributed by atoms with E-state index in [2.05, 4.69) is 0 Å². The van der Waals surface area contributed by atoms with Crippen LogP contribution in [0.15, 0.2) is 0 Å². The quantitative estimate of drug-likeness (QED) is 0.217. The second-order valence-corrected chi connectivity index (χ2v) is 15.3. The van der Waals surface area contributed by atoms with Crippen molar-refractivity contribution in [3.8, 4) is 0 Å². The molecule has 0 saturated carbocycles. The molecule has 0 bridgehead atoms. The Hall–Kier alpha value is 1.96. The van der Waals surface area contributed by atoms with E-state index in [0.29, 0.717) is 6.42 Å². The summed E-state index contributed by atoms with van der Waals surface area (Å²) in [5.74, 6) is 0. The highest BCUT2D eigenvalue weighted by atomic mass is 35.8. The van der Waals surface area contributed by atoms with Crippen molar-refractivity contribution in [2.45, 2.75) is 48.4 Å². The fraction of sp³-hybridized carbons (Fsp3) is 1.00. The summed E-state index contributed by atoms with van der Waals surface area (Å²) in [5.41, 5.74) is 0. The van der Waals surface area contributed by atoms with E-state index in [9.17, 15) is 0 Å². The van der Waals surface area contributed by atoms with Gasteiger partial charge in [0.25, 0.3) is 0 Å². The fourth-order valence-electron chi connectivity index (χ4n) is 1.18. The standard InChI is InChI=1S/C8H14Cl6Si/c9-8(10,11)6-4-2-1-3-5-7-15(12,13)14/h1-7H2. The van der Waals surface area contributed by atoms with Crippen LogP contribution in [0.5, 0.6) is 0 Å². The molecule has 0 aliphatic rings. The molecule has 0 saturated heterocycles. The second-order valence-electron chi connectivity index (χ2n) is 3.50. The number of rotatable bonds is 7. The van der Waals surface area contributed by atoms with Gasteiger partial charge in [-0.15, -0.1) is 33.2 Å². The average Bonchev–Trinajstić information content (AvgIpc) is 1.98. The summed E-state index contributed by atoms with van der Waals surface area (Å²) in [5, 5.41) is 0. The van der Waals surface area contributed by atoms with Gasteiger partial charge in [0.2, 0.25) is 0 Å². The van der Waals surface area contributed by atoms with Gasteiger partial charge in [-0.05, 0) is 18.9 Å². The van der Waals surface area contributed by atoms with Crippen LogP contribution in [-0.4, -0.2) is 9.80 Å². The molecule has 0 fully saturated rings. The highest BCUT2D eigenvalue weighted by molar-refractivity contribution is 7.64. The molecule has 0 aromatic rings. The van der Waals surface area contributed by atoms with E-state index in [1.165, 1.54) is 0 Å². The van der Waals surface area contributed by atoms with Gasteiger partial charge < -0.3 is 0 Å². The number of halogens is 6. The van der Waals surface area contributed by atoms with Crippen molar-refractivity contribution in [2.75, 3.05) is 0 Å². The molecule has 0 aromatic carbocycles. The lowest BCUT2D eigenvalue weighted by Crippen LogP contribution is -2.07. The first-order chi connectivity index (χ1) is 6.71. The van der Waals surface area contributed by atoms with E-state index in [-0.39, 0.29) is 0 Å². The lowest BCUT2D eigenvalue weighted by atomic mass is 10.1. The summed E-state index contributed by atoms with van der Waals surface area (Å²) < 4.78 is -1.11. The zero-order valence-electron chi connectivity index (χ0n) is 8.22. The predicted molar refractivity (Wildman–Crippen MR) is 76.1 cm³/mol. The summed E-state index contributed by atoms with van der Waals surface area (Å²) in [4.78, 5) is 0. The number of alkyl halides is 3. The maximum absolute atomic E-state index is 5.75. The van der Waals surface area contributed by atoms with Gasteiger partial charge in [0.15, 0.2) is 3.79 Å². The largest absolute Gasteiger partial charge is 0.341 e. The van der Waals surface area contributed by atoms with Crippen LogP contribution in [0.3, 0.4) is 0 Å². The number of hydrogen-bond donors (Lipinski definition) is 0. The van der Waals surface area contributed by atoms with Crippen LogP contribution in [0.2, 0.25) is 6.04 Å². The molecule has 0 atom stereocenters. The lowest BCUT2D eigenvalue weighted by molar-refractivity contribution is 0.612. The molecule has 0 radical (unpaired) electrons. The topological polar surface area (TPSA) is 0 Å². The van der Waals surface area contributed by atoms with E-state index in [0.717, 1.165) is 38.1 Å². The summed E-state index contributed by atoms with van der Waals surface area (Å²) in [6.07, 6.45) is 5.78. The van der Waals surface area contributed by atoms with E-state index >= 15 is 0 Å². The lowest BCUT2D eigenvalue weighted by Gasteiger charge is -2.10. The smallest absolute Gasteiger partial charge is 0.126 e. The van der Waals surface area contributed by atoms with E-state index in [4.69, 9.17) is 68.0 Å². The molecule has 0 aliphatic heterocycles. The van der Waals surface area contributed by atoms with Gasteiger partial charge in [-0.3, -0.25) is 0 Å². The van der Waals surface area contributed by atoms with Crippen LogP contribution < -0.4 is 0 Å². The Labute approximate surface area is 122 Å². The molecule has 0 aromatic heterocycles. The molecular weight excluding hydrogens is 337 g/mol. The second kappa shape index (κ2) is 8.13. The summed E-state index contributed by atoms with van der Waals surface area (Å²) in [6, 6.07) is -1.66. The summed E-state index contributed by atoms with van der Waals surface area (Å²) >= 11 is 34.1. The molecule has 0 N–H and O–H groups in total. The van der Waals surface area contributed by atoms with Crippen LogP contribution in [0.4, 0.5) is 0 Å². The van der Waals surface area contributed by atoms with Gasteiger partial charge in [0.1, 0.15) is 0 Å². The summed E-state index contributed by atoms with van der Waals surface area (Å²) in [7, 11) is 0. The third-order valence-corrected chi connectivity index (χ3v) is 5.11. The Morgan fingerprint density at radius 2 is 1.20 bits per heavy atom. The molecule has 92 valence electrons. The Morgan fingerprint density at radius 1 is 0.733 bits per heavy atom. The van der Waals surface area contributed by atoms with Crippen LogP contribution in [0, 0.1) is 0 Å². The van der Waals surface area contributed by atoms with Crippen LogP contribution in [0.25, 0.3) is 0 Å². The average molecular weight is 351 g/mol. The van der Waals surface area contributed by atoms with Crippen molar-refractivity contribution >= 4 is 74.0 Å². The van der Waals surface area contributed by atoms with Gasteiger partial charge in [-0.1, -0.05) is 60.5 Å². The minimum absolute atomic E-state index is 0.608. The Bertz CT molecular complexity index is 143. The summed E-state index contributed by atoms with van der Waals surface area (Å²) in [6.45, 7) is 0. The molecule has 15 heavy (non-hydrogen) atoms. The van der Waals surface area contributed by atoms with Crippen molar-refractivity contribution in [1.29, 1.82) is 0 Å². The minimum atomic E-state index is -2.40. The molecule has 7 heteroatoms. The number of hydrogen-bond acceptors (Lipinski definition) is 0. The number of unbranched alkanes of at least 4 members (excludes halogenated alkanes) is 4. The van der Waals surface area contributed by atoms with Gasteiger partial charge in [-0.2, -0.15) is 0 Å². The first-order valence-corrected chi connectivity index (χ1v) is 11.2. The van der Waals surface area contributed by atoms with Gasteiger partial charge >= 0.3 is 6.00 Å². The van der Waals surface area contributed by atoms with Crippen LogP contribution in [0.1, 0.15) is 38.5 Å². The van der Waals surface area contributed by atoms with Crippen LogP contribution in [-0.2, 0) is 0 Å².